The van der Waals surface area contributed by atoms with E-state index in [9.17, 15) is 8.42 Å². The molecule has 2 heterocycles. The van der Waals surface area contributed by atoms with Crippen LogP contribution >= 0.6 is 23.2 Å². The van der Waals surface area contributed by atoms with Gasteiger partial charge in [-0.25, -0.2) is 22.7 Å². The van der Waals surface area contributed by atoms with Gasteiger partial charge in [0.25, 0.3) is 10.0 Å². The zero-order chi connectivity index (χ0) is 20.2. The minimum atomic E-state index is -3.96. The lowest BCUT2D eigenvalue weighted by atomic mass is 10.2. The van der Waals surface area contributed by atoms with Gasteiger partial charge in [-0.2, -0.15) is 0 Å². The molecule has 0 radical (unpaired) electrons. The number of aromatic nitrogens is 2. The second-order valence-electron chi connectivity index (χ2n) is 7.34. The number of anilines is 2. The van der Waals surface area contributed by atoms with Crippen molar-refractivity contribution < 1.29 is 8.42 Å². The maximum atomic E-state index is 13.6. The van der Waals surface area contributed by atoms with E-state index in [2.05, 4.69) is 9.88 Å². The molecule has 0 saturated heterocycles. The van der Waals surface area contributed by atoms with Crippen LogP contribution in [0.4, 0.5) is 11.6 Å². The van der Waals surface area contributed by atoms with Gasteiger partial charge in [0.2, 0.25) is 0 Å². The van der Waals surface area contributed by atoms with E-state index >= 15 is 0 Å². The zero-order valence-electron chi connectivity index (χ0n) is 15.4. The van der Waals surface area contributed by atoms with E-state index in [1.54, 1.807) is 6.07 Å². The van der Waals surface area contributed by atoms with Crippen molar-refractivity contribution in [3.8, 4) is 0 Å². The molecule has 1 fully saturated rings. The molecule has 1 aliphatic heterocycles. The standard InChI is InChI=1S/C20H18Cl2N4O2S/c21-13-9-10-15(22)18(11-13)29(27,28)26-12-25(14-5-1-2-6-14)19-20(26)24-17-8-4-3-7-16(17)23-19/h3-4,7-11,14H,1-2,5-6,12H2. The Bertz CT molecular complexity index is 1210. The second-order valence-corrected chi connectivity index (χ2v) is 10.0. The average molecular weight is 449 g/mol. The average Bonchev–Trinajstić information content (AvgIpc) is 3.35. The summed E-state index contributed by atoms with van der Waals surface area (Å²) in [5, 5.41) is 0.439. The normalized spacial score (nSPS) is 17.3. The number of para-hydroxylation sites is 2. The first kappa shape index (κ1) is 18.9. The third-order valence-electron chi connectivity index (χ3n) is 5.55. The molecule has 0 amide bonds. The van der Waals surface area contributed by atoms with E-state index in [1.807, 2.05) is 24.3 Å². The largest absolute Gasteiger partial charge is 0.332 e. The number of hydrogen-bond donors (Lipinski definition) is 0. The number of benzene rings is 2. The Kier molecular flexibility index (Phi) is 4.57. The maximum absolute atomic E-state index is 13.6. The second kappa shape index (κ2) is 7.00. The zero-order valence-corrected chi connectivity index (χ0v) is 17.8. The molecule has 150 valence electrons. The number of halogens is 2. The first-order valence-electron chi connectivity index (χ1n) is 9.46. The molecule has 6 nitrogen and oxygen atoms in total. The Labute approximate surface area is 179 Å². The van der Waals surface area contributed by atoms with Crippen LogP contribution in [0, 0.1) is 0 Å². The van der Waals surface area contributed by atoms with E-state index in [1.165, 1.54) is 16.4 Å². The Hall–Kier alpha value is -2.09. The van der Waals surface area contributed by atoms with Crippen LogP contribution in [0.1, 0.15) is 25.7 Å². The third-order valence-corrected chi connectivity index (χ3v) is 7.99. The Morgan fingerprint density at radius 1 is 0.931 bits per heavy atom. The third kappa shape index (κ3) is 3.12. The van der Waals surface area contributed by atoms with Gasteiger partial charge in [-0.3, -0.25) is 0 Å². The molecular formula is C20H18Cl2N4O2S. The molecule has 1 aliphatic carbocycles. The van der Waals surface area contributed by atoms with Gasteiger partial charge in [-0.05, 0) is 43.2 Å². The number of hydrogen-bond acceptors (Lipinski definition) is 5. The molecule has 9 heteroatoms. The monoisotopic (exact) mass is 448 g/mol. The van der Waals surface area contributed by atoms with Crippen LogP contribution < -0.4 is 9.21 Å². The van der Waals surface area contributed by atoms with Crippen LogP contribution in [0.2, 0.25) is 10.0 Å². The summed E-state index contributed by atoms with van der Waals surface area (Å²) in [7, 11) is -3.96. The fraction of sp³-hybridized carbons (Fsp3) is 0.300. The van der Waals surface area contributed by atoms with Gasteiger partial charge in [0.1, 0.15) is 11.6 Å². The Morgan fingerprint density at radius 2 is 1.59 bits per heavy atom. The molecule has 0 N–H and O–H groups in total. The van der Waals surface area contributed by atoms with E-state index in [0.717, 1.165) is 31.2 Å². The van der Waals surface area contributed by atoms with Gasteiger partial charge >= 0.3 is 0 Å². The van der Waals surface area contributed by atoms with Crippen LogP contribution in [0.5, 0.6) is 0 Å². The molecule has 2 aromatic carbocycles. The van der Waals surface area contributed by atoms with Crippen molar-refractivity contribution in [3.05, 3.63) is 52.5 Å². The molecule has 5 rings (SSSR count). The summed E-state index contributed by atoms with van der Waals surface area (Å²) in [5.41, 5.74) is 1.39. The fourth-order valence-corrected chi connectivity index (χ4v) is 6.20. The maximum Gasteiger partial charge on any atom is 0.268 e. The van der Waals surface area contributed by atoms with E-state index in [-0.39, 0.29) is 22.6 Å². The minimum absolute atomic E-state index is 0.0270. The highest BCUT2D eigenvalue weighted by Crippen LogP contribution is 2.42. The summed E-state index contributed by atoms with van der Waals surface area (Å²) in [4.78, 5) is 11.5. The highest BCUT2D eigenvalue weighted by molar-refractivity contribution is 7.93. The van der Waals surface area contributed by atoms with Crippen molar-refractivity contribution in [2.45, 2.75) is 36.6 Å². The lowest BCUT2D eigenvalue weighted by Gasteiger charge is -2.26. The lowest BCUT2D eigenvalue weighted by Crippen LogP contribution is -2.40. The molecule has 0 atom stereocenters. The minimum Gasteiger partial charge on any atom is -0.332 e. The van der Waals surface area contributed by atoms with Crippen molar-refractivity contribution in [1.82, 2.24) is 9.97 Å². The van der Waals surface area contributed by atoms with Crippen LogP contribution in [-0.2, 0) is 10.0 Å². The van der Waals surface area contributed by atoms with E-state index in [4.69, 9.17) is 28.2 Å². The first-order chi connectivity index (χ1) is 13.9. The van der Waals surface area contributed by atoms with Crippen molar-refractivity contribution in [2.75, 3.05) is 15.9 Å². The molecule has 2 aliphatic rings. The summed E-state index contributed by atoms with van der Waals surface area (Å²) in [6, 6.07) is 12.2. The summed E-state index contributed by atoms with van der Waals surface area (Å²) < 4.78 is 28.4. The van der Waals surface area contributed by atoms with Crippen molar-refractivity contribution in [3.63, 3.8) is 0 Å². The van der Waals surface area contributed by atoms with E-state index in [0.29, 0.717) is 22.2 Å². The van der Waals surface area contributed by atoms with Gasteiger partial charge in [0, 0.05) is 11.1 Å². The van der Waals surface area contributed by atoms with Gasteiger partial charge in [-0.15, -0.1) is 0 Å². The summed E-state index contributed by atoms with van der Waals surface area (Å²) in [6.45, 7) is 0.168. The molecule has 1 aromatic heterocycles. The topological polar surface area (TPSA) is 66.4 Å². The van der Waals surface area contributed by atoms with Gasteiger partial charge in [-0.1, -0.05) is 48.2 Å². The van der Waals surface area contributed by atoms with Crippen LogP contribution in [-0.4, -0.2) is 31.1 Å². The van der Waals surface area contributed by atoms with Crippen molar-refractivity contribution in [2.24, 2.45) is 0 Å². The lowest BCUT2D eigenvalue weighted by molar-refractivity contribution is 0.583. The quantitative estimate of drug-likeness (QED) is 0.572. The Morgan fingerprint density at radius 3 is 2.28 bits per heavy atom. The van der Waals surface area contributed by atoms with Crippen LogP contribution in [0.25, 0.3) is 11.0 Å². The summed E-state index contributed by atoms with van der Waals surface area (Å²) >= 11 is 12.3. The predicted molar refractivity (Wildman–Crippen MR) is 115 cm³/mol. The highest BCUT2D eigenvalue weighted by Gasteiger charge is 2.41. The number of fused-ring (bicyclic) bond motifs is 2. The first-order valence-corrected chi connectivity index (χ1v) is 11.7. The SMILES string of the molecule is O=S(=O)(c1cc(Cl)ccc1Cl)N1CN(C2CCCC2)c2nc3ccccc3nc21. The van der Waals surface area contributed by atoms with Crippen LogP contribution in [0.3, 0.4) is 0 Å². The molecule has 29 heavy (non-hydrogen) atoms. The summed E-state index contributed by atoms with van der Waals surface area (Å²) in [5.74, 6) is 0.948. The van der Waals surface area contributed by atoms with Gasteiger partial charge in [0.15, 0.2) is 11.6 Å². The molecular weight excluding hydrogens is 431 g/mol. The van der Waals surface area contributed by atoms with Crippen molar-refractivity contribution >= 4 is 55.9 Å². The van der Waals surface area contributed by atoms with Crippen LogP contribution in [0.15, 0.2) is 47.4 Å². The fourth-order valence-electron chi connectivity index (χ4n) is 4.10. The Balaban J connectivity index is 1.68. The number of sulfonamides is 1. The smallest absolute Gasteiger partial charge is 0.268 e. The van der Waals surface area contributed by atoms with E-state index < -0.39 is 10.0 Å². The molecule has 3 aromatic rings. The summed E-state index contributed by atoms with van der Waals surface area (Å²) in [6.07, 6.45) is 4.29. The number of nitrogens with zero attached hydrogens (tertiary/aromatic N) is 4. The molecule has 1 saturated carbocycles. The predicted octanol–water partition coefficient (Wildman–Crippen LogP) is 4.85. The van der Waals surface area contributed by atoms with Gasteiger partial charge < -0.3 is 4.90 Å². The highest BCUT2D eigenvalue weighted by atomic mass is 35.5. The molecule has 0 spiro atoms. The van der Waals surface area contributed by atoms with Gasteiger partial charge in [0.05, 0.1) is 16.1 Å². The van der Waals surface area contributed by atoms with Crippen molar-refractivity contribution in [1.29, 1.82) is 0 Å². The molecule has 0 unspecified atom stereocenters. The number of rotatable bonds is 3. The molecule has 0 bridgehead atoms.